The zero-order chi connectivity index (χ0) is 63.1. The molecule has 0 saturated carbocycles. The number of hydrogen-bond donors (Lipinski definition) is 2. The molecule has 19 heteroatoms. The molecule has 2 fully saturated rings. The topological polar surface area (TPSA) is 185 Å². The Kier molecular flexibility index (Phi) is 26.4. The third-order valence-corrected chi connectivity index (χ3v) is 20.5. The first-order chi connectivity index (χ1) is 43.3. The van der Waals surface area contributed by atoms with Crippen LogP contribution in [0.1, 0.15) is 199 Å². The number of benzene rings is 4. The van der Waals surface area contributed by atoms with Crippen LogP contribution in [0.25, 0.3) is 21.2 Å². The number of carbonyl (C=O) groups excluding carboxylic acids is 5. The van der Waals surface area contributed by atoms with Crippen molar-refractivity contribution in [2.45, 2.75) is 191 Å². The van der Waals surface area contributed by atoms with Gasteiger partial charge in [0, 0.05) is 61.3 Å². The molecule has 4 heterocycles. The van der Waals surface area contributed by atoms with Gasteiger partial charge < -0.3 is 39.3 Å². The summed E-state index contributed by atoms with van der Waals surface area (Å²) in [5, 5.41) is 8.20. The van der Waals surface area contributed by atoms with Crippen molar-refractivity contribution in [2.24, 2.45) is 4.99 Å². The van der Waals surface area contributed by atoms with Gasteiger partial charge in [-0.15, -0.1) is 11.3 Å². The van der Waals surface area contributed by atoms with Crippen LogP contribution in [0.3, 0.4) is 0 Å². The van der Waals surface area contributed by atoms with Crippen LogP contribution in [-0.2, 0) is 45.3 Å². The second kappa shape index (κ2) is 34.5. The van der Waals surface area contributed by atoms with E-state index in [1.54, 1.807) is 26.0 Å². The van der Waals surface area contributed by atoms with E-state index in [-0.39, 0.29) is 60.5 Å². The van der Waals surface area contributed by atoms with Gasteiger partial charge in [-0.3, -0.25) is 19.3 Å². The highest BCUT2D eigenvalue weighted by Gasteiger charge is 2.40. The number of likely N-dealkylation sites (N-methyl/N-ethyl adjacent to an activating group) is 1. The first-order valence-electron chi connectivity index (χ1n) is 32.5. The number of aliphatic imine (C=N–C) groups is 1. The quantitative estimate of drug-likeness (QED) is 0.0127. The lowest BCUT2D eigenvalue weighted by atomic mass is 9.85. The molecule has 3 aliphatic rings. The van der Waals surface area contributed by atoms with Gasteiger partial charge in [0.05, 0.1) is 59.9 Å². The highest BCUT2D eigenvalue weighted by Crippen LogP contribution is 2.45. The molecule has 0 bridgehead atoms. The normalized spacial score (nSPS) is 16.7. The number of thiophene rings is 1. The van der Waals surface area contributed by atoms with Crippen molar-refractivity contribution in [3.8, 4) is 16.2 Å². The molecule has 0 spiro atoms. The molecule has 4 aromatic carbocycles. The highest BCUT2D eigenvalue weighted by atomic mass is 32.2. The molecule has 2 N–H and O–H groups in total. The minimum absolute atomic E-state index is 0.0617. The molecule has 3 aliphatic heterocycles. The Morgan fingerprint density at radius 1 is 0.831 bits per heavy atom. The number of ether oxygens (including phenoxy) is 4. The smallest absolute Gasteiger partial charge is 0.352 e. The number of anilines is 2. The van der Waals surface area contributed by atoms with E-state index < -0.39 is 34.4 Å². The number of amidine groups is 1. The molecule has 16 nitrogen and oxygen atoms in total. The van der Waals surface area contributed by atoms with E-state index in [1.807, 2.05) is 66.7 Å². The Labute approximate surface area is 532 Å². The van der Waals surface area contributed by atoms with E-state index in [4.69, 9.17) is 23.9 Å². The number of esters is 1. The Bertz CT molecular complexity index is 3200. The highest BCUT2D eigenvalue weighted by molar-refractivity contribution is 7.81. The molecular formula is C70H93FN6O10S2. The molecule has 2 amide bonds. The summed E-state index contributed by atoms with van der Waals surface area (Å²) >= 11 is 1.06. The lowest BCUT2D eigenvalue weighted by Crippen LogP contribution is -2.53. The number of methoxy groups -OCH3 is 1. The number of amides is 2. The molecule has 482 valence electrons. The van der Waals surface area contributed by atoms with Crippen molar-refractivity contribution in [1.29, 1.82) is 0 Å². The molecule has 0 radical (unpaired) electrons. The minimum atomic E-state index is -1.30. The first kappa shape index (κ1) is 68.2. The number of halogens is 1. The minimum Gasteiger partial charge on any atom is -0.489 e. The summed E-state index contributed by atoms with van der Waals surface area (Å²) in [5.74, 6) is -1.15. The standard InChI is InChI=1S/C70H93FN6O10S2/c1-6-86-63-62(71)64(88-65(63)68(82)87-45-22-20-18-16-14-12-10-8-7-9-11-13-15-17-19-21-44-85-49-79)52-26-23-27-54(46-52)73-55-39-42-76(70(2,3)47-55)89(83)48-50-31-33-53(34-32-50)74-69(84-5)75-40-37-51(38-41-75)56-35-36-59-61-57(56)28-24-29-58(61)67(81)77(59)60(30-25-43-78)66(80)72-4/h23-24,26-29,31-36,43,46,49,51,55,60,73H,6-22,25,30,37-42,44-45,47-48H2,1-5H3,(H,72,80). The van der Waals surface area contributed by atoms with Crippen LogP contribution < -0.4 is 20.3 Å². The van der Waals surface area contributed by atoms with Gasteiger partial charge in [0.1, 0.15) is 12.3 Å². The summed E-state index contributed by atoms with van der Waals surface area (Å²) in [6.45, 7) is 9.61. The van der Waals surface area contributed by atoms with Crippen LogP contribution in [0.4, 0.5) is 21.5 Å². The Morgan fingerprint density at radius 2 is 1.48 bits per heavy atom. The van der Waals surface area contributed by atoms with Crippen LogP contribution in [0.5, 0.6) is 5.75 Å². The maximum absolute atomic E-state index is 16.2. The van der Waals surface area contributed by atoms with Crippen LogP contribution >= 0.6 is 11.3 Å². The summed E-state index contributed by atoms with van der Waals surface area (Å²) in [6.07, 6.45) is 23.2. The molecule has 0 aliphatic carbocycles. The average molecular weight is 1260 g/mol. The van der Waals surface area contributed by atoms with Crippen molar-refractivity contribution >= 4 is 86.7 Å². The van der Waals surface area contributed by atoms with Crippen molar-refractivity contribution in [3.05, 3.63) is 106 Å². The molecular weight excluding hydrogens is 1170 g/mol. The van der Waals surface area contributed by atoms with E-state index in [0.29, 0.717) is 66.2 Å². The summed E-state index contributed by atoms with van der Waals surface area (Å²) in [5.41, 5.74) is 5.15. The van der Waals surface area contributed by atoms with Gasteiger partial charge in [-0.2, -0.15) is 4.99 Å². The predicted octanol–water partition coefficient (Wildman–Crippen LogP) is 14.8. The molecule has 3 unspecified atom stereocenters. The van der Waals surface area contributed by atoms with Crippen molar-refractivity contribution < 1.29 is 51.5 Å². The second-order valence-corrected chi connectivity index (χ2v) is 26.8. The Hall–Kier alpha value is -6.70. The van der Waals surface area contributed by atoms with Crippen LogP contribution in [-0.4, -0.2) is 121 Å². The SMILES string of the molecule is CCOc1c(C(=O)OCCCCCCCCCCCCCCCCCCOC=O)sc(-c2cccc(NC3CCN(S(=O)Cc4ccc(N=C(OC)N5CCC(c6ccc7c8c(cccc68)C(=O)N7C(CCC=O)C(=O)NC)CC5)cc4)C(C)(C)C3)c2)c1F. The maximum atomic E-state index is 16.2. The summed E-state index contributed by atoms with van der Waals surface area (Å²) in [7, 11) is 1.87. The summed E-state index contributed by atoms with van der Waals surface area (Å²) < 4.78 is 54.4. The van der Waals surface area contributed by atoms with Gasteiger partial charge in [0.2, 0.25) is 5.91 Å². The van der Waals surface area contributed by atoms with Gasteiger partial charge in [-0.25, -0.2) is 17.7 Å². The van der Waals surface area contributed by atoms with Crippen LogP contribution in [0.2, 0.25) is 0 Å². The molecule has 5 aromatic rings. The fourth-order valence-corrected chi connectivity index (χ4v) is 15.6. The first-order valence-corrected chi connectivity index (χ1v) is 34.6. The molecule has 8 rings (SSSR count). The molecule has 1 aromatic heterocycles. The Morgan fingerprint density at radius 3 is 2.10 bits per heavy atom. The Balaban J connectivity index is 0.761. The number of rotatable bonds is 36. The monoisotopic (exact) mass is 1260 g/mol. The van der Waals surface area contributed by atoms with Crippen molar-refractivity contribution in [1.82, 2.24) is 14.5 Å². The zero-order valence-electron chi connectivity index (χ0n) is 53.0. The van der Waals surface area contributed by atoms with Gasteiger partial charge in [-0.05, 0) is 130 Å². The van der Waals surface area contributed by atoms with E-state index in [0.717, 1.165) is 109 Å². The van der Waals surface area contributed by atoms with Gasteiger partial charge in [-0.1, -0.05) is 132 Å². The number of carbonyl (C=O) groups is 5. The summed E-state index contributed by atoms with van der Waals surface area (Å²) in [6, 6.07) is 25.0. The number of unbranched alkanes of at least 4 members (excludes halogenated alkanes) is 15. The largest absolute Gasteiger partial charge is 0.489 e. The lowest BCUT2D eigenvalue weighted by molar-refractivity contribution is -0.128. The van der Waals surface area contributed by atoms with Crippen LogP contribution in [0.15, 0.2) is 83.9 Å². The zero-order valence-corrected chi connectivity index (χ0v) is 54.6. The number of nitrogens with zero attached hydrogens (tertiary/aromatic N) is 4. The summed E-state index contributed by atoms with van der Waals surface area (Å²) in [4.78, 5) is 70.8. The molecule has 89 heavy (non-hydrogen) atoms. The number of nitrogens with one attached hydrogen (secondary N) is 2. The average Bonchev–Trinajstić information content (AvgIpc) is 1.65. The number of hydrogen-bond acceptors (Lipinski definition) is 13. The maximum Gasteiger partial charge on any atom is 0.352 e. The second-order valence-electron chi connectivity index (χ2n) is 24.4. The van der Waals surface area contributed by atoms with Crippen molar-refractivity contribution in [3.63, 3.8) is 0 Å². The van der Waals surface area contributed by atoms with Crippen LogP contribution in [0, 0.1) is 5.82 Å². The fourth-order valence-electron chi connectivity index (χ4n) is 13.0. The third kappa shape index (κ3) is 18.3. The van der Waals surface area contributed by atoms with Gasteiger partial charge in [0.25, 0.3) is 18.4 Å². The predicted molar refractivity (Wildman–Crippen MR) is 354 cm³/mol. The van der Waals surface area contributed by atoms with Crippen molar-refractivity contribution in [2.75, 3.05) is 63.8 Å². The number of aldehydes is 1. The third-order valence-electron chi connectivity index (χ3n) is 17.6. The lowest BCUT2D eigenvalue weighted by Gasteiger charge is -2.44. The fraction of sp³-hybridized carbons (Fsp3) is 0.543. The van der Waals surface area contributed by atoms with E-state index in [1.165, 1.54) is 70.6 Å². The number of piperidine rings is 2. The molecule has 3 atom stereocenters. The van der Waals surface area contributed by atoms with E-state index in [9.17, 15) is 28.2 Å². The number of likely N-dealkylation sites (tertiary alicyclic amines) is 1. The van der Waals surface area contributed by atoms with E-state index >= 15 is 4.39 Å². The van der Waals surface area contributed by atoms with Gasteiger partial charge >= 0.3 is 5.97 Å². The molecule has 2 saturated heterocycles. The van der Waals surface area contributed by atoms with Gasteiger partial charge in [0.15, 0.2) is 16.4 Å². The van der Waals surface area contributed by atoms with E-state index in [2.05, 4.69) is 45.8 Å².